The van der Waals surface area contributed by atoms with Gasteiger partial charge in [0, 0.05) is 19.6 Å². The fraction of sp³-hybridized carbons (Fsp3) is 0.611. The number of hydrogen-bond acceptors (Lipinski definition) is 4. The Morgan fingerprint density at radius 3 is 2.32 bits per heavy atom. The van der Waals surface area contributed by atoms with E-state index in [4.69, 9.17) is 4.74 Å². The van der Waals surface area contributed by atoms with Crippen LogP contribution in [0.3, 0.4) is 0 Å². The van der Waals surface area contributed by atoms with E-state index in [9.17, 15) is 18.0 Å². The minimum absolute atomic E-state index is 0. The number of halogens is 5. The summed E-state index contributed by atoms with van der Waals surface area (Å²) in [6.07, 6.45) is -4.89. The summed E-state index contributed by atoms with van der Waals surface area (Å²) in [6, 6.07) is 4.93. The van der Waals surface area contributed by atoms with Gasteiger partial charge in [-0.2, -0.15) is 13.2 Å². The van der Waals surface area contributed by atoms with Crippen molar-refractivity contribution >= 4 is 30.7 Å². The molecule has 2 atom stereocenters. The smallest absolute Gasteiger partial charge is 0.366 e. The zero-order valence-electron chi connectivity index (χ0n) is 15.9. The number of alkyl halides is 3. The van der Waals surface area contributed by atoms with E-state index in [1.807, 2.05) is 13.8 Å². The zero-order chi connectivity index (χ0) is 19.2. The van der Waals surface area contributed by atoms with Crippen LogP contribution in [-0.2, 0) is 15.7 Å². The van der Waals surface area contributed by atoms with Crippen LogP contribution >= 0.6 is 24.8 Å². The maximum atomic E-state index is 12.8. The quantitative estimate of drug-likeness (QED) is 0.677. The summed E-state index contributed by atoms with van der Waals surface area (Å²) >= 11 is 0. The molecule has 1 aromatic rings. The SMILES string of the molecule is CCN(CC)C(CNC(=O)C1CNCCO1)c1ccc(C(F)(F)F)cc1.Cl.Cl. The lowest BCUT2D eigenvalue weighted by Crippen LogP contribution is -2.49. The second-order valence-corrected chi connectivity index (χ2v) is 6.17. The Morgan fingerprint density at radius 1 is 1.25 bits per heavy atom. The van der Waals surface area contributed by atoms with Crippen molar-refractivity contribution in [2.24, 2.45) is 0 Å². The summed E-state index contributed by atoms with van der Waals surface area (Å²) < 4.78 is 43.8. The Morgan fingerprint density at radius 2 is 1.86 bits per heavy atom. The molecule has 1 aliphatic rings. The van der Waals surface area contributed by atoms with Gasteiger partial charge in [-0.3, -0.25) is 9.69 Å². The van der Waals surface area contributed by atoms with Crippen LogP contribution < -0.4 is 10.6 Å². The van der Waals surface area contributed by atoms with E-state index in [0.717, 1.165) is 37.3 Å². The van der Waals surface area contributed by atoms with Gasteiger partial charge in [0.05, 0.1) is 18.2 Å². The maximum Gasteiger partial charge on any atom is 0.416 e. The number of nitrogens with zero attached hydrogens (tertiary/aromatic N) is 1. The second kappa shape index (κ2) is 12.5. The molecular formula is C18H28Cl2F3N3O2. The molecule has 2 rings (SSSR count). The molecule has 5 nitrogen and oxygen atoms in total. The highest BCUT2D eigenvalue weighted by atomic mass is 35.5. The molecule has 1 amide bonds. The van der Waals surface area contributed by atoms with Crippen LogP contribution in [0.5, 0.6) is 0 Å². The topological polar surface area (TPSA) is 53.6 Å². The van der Waals surface area contributed by atoms with Crippen molar-refractivity contribution < 1.29 is 22.7 Å². The fourth-order valence-electron chi connectivity index (χ4n) is 3.06. The molecule has 0 bridgehead atoms. The normalized spacial score (nSPS) is 18.0. The van der Waals surface area contributed by atoms with Gasteiger partial charge in [0.2, 0.25) is 0 Å². The summed E-state index contributed by atoms with van der Waals surface area (Å²) in [5, 5.41) is 5.97. The van der Waals surface area contributed by atoms with Crippen LogP contribution in [0.15, 0.2) is 24.3 Å². The largest absolute Gasteiger partial charge is 0.416 e. The summed E-state index contributed by atoms with van der Waals surface area (Å²) in [7, 11) is 0. The van der Waals surface area contributed by atoms with Gasteiger partial charge in [-0.05, 0) is 30.8 Å². The van der Waals surface area contributed by atoms with Gasteiger partial charge in [-0.1, -0.05) is 26.0 Å². The third kappa shape index (κ3) is 7.40. The first-order valence-electron chi connectivity index (χ1n) is 8.88. The summed E-state index contributed by atoms with van der Waals surface area (Å²) in [4.78, 5) is 14.4. The molecule has 2 unspecified atom stereocenters. The van der Waals surface area contributed by atoms with Crippen molar-refractivity contribution in [3.63, 3.8) is 0 Å². The Kier molecular flexibility index (Phi) is 12.0. The third-order valence-electron chi connectivity index (χ3n) is 4.57. The highest BCUT2D eigenvalue weighted by Crippen LogP contribution is 2.30. The van der Waals surface area contributed by atoms with E-state index in [1.54, 1.807) is 0 Å². The van der Waals surface area contributed by atoms with E-state index < -0.39 is 17.8 Å². The summed E-state index contributed by atoms with van der Waals surface area (Å²) in [5.74, 6) is -0.207. The molecule has 0 saturated carbocycles. The molecule has 1 aromatic carbocycles. The molecular weight excluding hydrogens is 418 g/mol. The van der Waals surface area contributed by atoms with Crippen molar-refractivity contribution in [1.82, 2.24) is 15.5 Å². The minimum atomic E-state index is -4.36. The molecule has 1 saturated heterocycles. The number of likely N-dealkylation sites (N-methyl/N-ethyl adjacent to an activating group) is 1. The van der Waals surface area contributed by atoms with Crippen LogP contribution in [0, 0.1) is 0 Å². The molecule has 2 N–H and O–H groups in total. The van der Waals surface area contributed by atoms with Gasteiger partial charge in [0.1, 0.15) is 6.10 Å². The van der Waals surface area contributed by atoms with E-state index in [0.29, 0.717) is 19.7 Å². The first-order chi connectivity index (χ1) is 12.4. The van der Waals surface area contributed by atoms with E-state index in [1.165, 1.54) is 12.1 Å². The highest BCUT2D eigenvalue weighted by Gasteiger charge is 2.31. The number of morpholine rings is 1. The van der Waals surface area contributed by atoms with Crippen LogP contribution in [0.2, 0.25) is 0 Å². The number of ether oxygens (including phenoxy) is 1. The average Bonchev–Trinajstić information content (AvgIpc) is 2.65. The summed E-state index contributed by atoms with van der Waals surface area (Å²) in [6.45, 7) is 7.38. The first kappa shape index (κ1) is 26.9. The van der Waals surface area contributed by atoms with E-state index >= 15 is 0 Å². The number of carbonyl (C=O) groups excluding carboxylic acids is 1. The number of carbonyl (C=O) groups is 1. The molecule has 28 heavy (non-hydrogen) atoms. The van der Waals surface area contributed by atoms with Crippen molar-refractivity contribution in [3.8, 4) is 0 Å². The van der Waals surface area contributed by atoms with E-state index in [2.05, 4.69) is 15.5 Å². The number of rotatable bonds is 7. The minimum Gasteiger partial charge on any atom is -0.366 e. The third-order valence-corrected chi connectivity index (χ3v) is 4.57. The number of benzene rings is 1. The zero-order valence-corrected chi connectivity index (χ0v) is 17.6. The van der Waals surface area contributed by atoms with E-state index in [-0.39, 0.29) is 36.8 Å². The molecule has 0 aromatic heterocycles. The lowest BCUT2D eigenvalue weighted by Gasteiger charge is -2.31. The molecule has 0 spiro atoms. The van der Waals surface area contributed by atoms with Crippen molar-refractivity contribution in [2.75, 3.05) is 39.3 Å². The van der Waals surface area contributed by atoms with Crippen LogP contribution in [0.1, 0.15) is 31.0 Å². The molecule has 1 aliphatic heterocycles. The predicted molar refractivity (Wildman–Crippen MR) is 107 cm³/mol. The molecule has 162 valence electrons. The lowest BCUT2D eigenvalue weighted by molar-refractivity contribution is -0.137. The van der Waals surface area contributed by atoms with Gasteiger partial charge < -0.3 is 15.4 Å². The van der Waals surface area contributed by atoms with Gasteiger partial charge in [-0.25, -0.2) is 0 Å². The Bertz CT molecular complexity index is 578. The number of nitrogens with one attached hydrogen (secondary N) is 2. The average molecular weight is 446 g/mol. The summed E-state index contributed by atoms with van der Waals surface area (Å²) in [5.41, 5.74) is 0.0648. The lowest BCUT2D eigenvalue weighted by atomic mass is 10.0. The van der Waals surface area contributed by atoms with Gasteiger partial charge in [0.15, 0.2) is 0 Å². The second-order valence-electron chi connectivity index (χ2n) is 6.17. The number of hydrogen-bond donors (Lipinski definition) is 2. The fourth-order valence-corrected chi connectivity index (χ4v) is 3.06. The standard InChI is InChI=1S/C18H26F3N3O2.2ClH/c1-3-24(4-2)15(11-23-17(25)16-12-22-9-10-26-16)13-5-7-14(8-6-13)18(19,20)21;;/h5-8,15-16,22H,3-4,9-12H2,1-2H3,(H,23,25);2*1H. The highest BCUT2D eigenvalue weighted by molar-refractivity contribution is 5.85. The van der Waals surface area contributed by atoms with Crippen LogP contribution in [0.25, 0.3) is 0 Å². The number of amides is 1. The molecule has 0 radical (unpaired) electrons. The molecule has 0 aliphatic carbocycles. The monoisotopic (exact) mass is 445 g/mol. The van der Waals surface area contributed by atoms with Crippen molar-refractivity contribution in [1.29, 1.82) is 0 Å². The van der Waals surface area contributed by atoms with Gasteiger partial charge in [0.25, 0.3) is 5.91 Å². The molecule has 1 fully saturated rings. The van der Waals surface area contributed by atoms with Crippen LogP contribution in [-0.4, -0.2) is 56.2 Å². The van der Waals surface area contributed by atoms with Crippen LogP contribution in [0.4, 0.5) is 13.2 Å². The van der Waals surface area contributed by atoms with Gasteiger partial charge >= 0.3 is 6.18 Å². The van der Waals surface area contributed by atoms with Crippen molar-refractivity contribution in [2.45, 2.75) is 32.2 Å². The predicted octanol–water partition coefficient (Wildman–Crippen LogP) is 3.04. The Hall–Kier alpha value is -1.06. The van der Waals surface area contributed by atoms with Crippen molar-refractivity contribution in [3.05, 3.63) is 35.4 Å². The first-order valence-corrected chi connectivity index (χ1v) is 8.88. The Labute approximate surface area is 176 Å². The Balaban J connectivity index is 0.00000364. The molecule has 10 heteroatoms. The van der Waals surface area contributed by atoms with Gasteiger partial charge in [-0.15, -0.1) is 24.8 Å². The molecule has 1 heterocycles. The maximum absolute atomic E-state index is 12.8.